The zero-order valence-corrected chi connectivity index (χ0v) is 20.2. The van der Waals surface area contributed by atoms with E-state index in [9.17, 15) is 14.7 Å². The summed E-state index contributed by atoms with van der Waals surface area (Å²) in [6, 6.07) is 22.1. The molecule has 2 fully saturated rings. The Bertz CT molecular complexity index is 1290. The molecule has 0 radical (unpaired) electrons. The number of rotatable bonds is 4. The van der Waals surface area contributed by atoms with Crippen LogP contribution >= 0.6 is 0 Å². The largest absolute Gasteiger partial charge is 0.507 e. The van der Waals surface area contributed by atoms with Crippen molar-refractivity contribution in [3.8, 4) is 0 Å². The second-order valence-corrected chi connectivity index (χ2v) is 9.44. The van der Waals surface area contributed by atoms with Crippen LogP contribution in [0.3, 0.4) is 0 Å². The van der Waals surface area contributed by atoms with Crippen molar-refractivity contribution in [2.24, 2.45) is 0 Å². The van der Waals surface area contributed by atoms with E-state index in [-0.39, 0.29) is 11.3 Å². The Kier molecular flexibility index (Phi) is 6.16. The number of amides is 1. The van der Waals surface area contributed by atoms with Crippen molar-refractivity contribution in [2.75, 3.05) is 22.9 Å². The van der Waals surface area contributed by atoms with Gasteiger partial charge in [0.1, 0.15) is 5.76 Å². The molecule has 5 rings (SSSR count). The molecule has 178 valence electrons. The fraction of sp³-hybridized carbons (Fsp3) is 0.267. The number of benzene rings is 3. The minimum atomic E-state index is -0.710. The third-order valence-corrected chi connectivity index (χ3v) is 7.19. The molecule has 1 unspecified atom stereocenters. The third kappa shape index (κ3) is 4.23. The van der Waals surface area contributed by atoms with Crippen molar-refractivity contribution in [3.05, 3.63) is 101 Å². The van der Waals surface area contributed by atoms with E-state index in [4.69, 9.17) is 0 Å². The van der Waals surface area contributed by atoms with Crippen molar-refractivity contribution < 1.29 is 14.7 Å². The van der Waals surface area contributed by atoms with Crippen molar-refractivity contribution in [2.45, 2.75) is 39.2 Å². The van der Waals surface area contributed by atoms with Crippen LogP contribution in [-0.4, -0.2) is 29.9 Å². The zero-order chi connectivity index (χ0) is 24.5. The summed E-state index contributed by atoms with van der Waals surface area (Å²) in [5, 5.41) is 11.3. The number of aliphatic hydroxyl groups is 1. The van der Waals surface area contributed by atoms with Crippen LogP contribution < -0.4 is 9.80 Å². The maximum atomic E-state index is 13.4. The summed E-state index contributed by atoms with van der Waals surface area (Å²) in [4.78, 5) is 30.6. The van der Waals surface area contributed by atoms with Crippen LogP contribution in [0.5, 0.6) is 0 Å². The van der Waals surface area contributed by atoms with Crippen LogP contribution in [0, 0.1) is 13.8 Å². The molecule has 2 aliphatic heterocycles. The number of nitrogens with zero attached hydrogens (tertiary/aromatic N) is 2. The average Bonchev–Trinajstić information content (AvgIpc) is 3.16. The second kappa shape index (κ2) is 9.41. The highest BCUT2D eigenvalue weighted by atomic mass is 16.3. The molecule has 0 spiro atoms. The lowest BCUT2D eigenvalue weighted by atomic mass is 9.94. The number of hydrogen-bond acceptors (Lipinski definition) is 4. The summed E-state index contributed by atoms with van der Waals surface area (Å²) in [6.07, 6.45) is 3.63. The summed E-state index contributed by atoms with van der Waals surface area (Å²) in [5.74, 6) is -1.45. The van der Waals surface area contributed by atoms with Gasteiger partial charge in [0.15, 0.2) is 0 Å². The lowest BCUT2D eigenvalue weighted by Crippen LogP contribution is -2.30. The van der Waals surface area contributed by atoms with Gasteiger partial charge < -0.3 is 10.0 Å². The first kappa shape index (κ1) is 22.9. The number of aryl methyl sites for hydroxylation is 2. The predicted molar refractivity (Wildman–Crippen MR) is 140 cm³/mol. The number of carbonyl (C=O) groups excluding carboxylic acids is 2. The van der Waals surface area contributed by atoms with Crippen LogP contribution in [0.2, 0.25) is 0 Å². The zero-order valence-electron chi connectivity index (χ0n) is 20.2. The maximum Gasteiger partial charge on any atom is 0.300 e. The van der Waals surface area contributed by atoms with Gasteiger partial charge in [0.2, 0.25) is 0 Å². The quantitative estimate of drug-likeness (QED) is 0.295. The number of carbonyl (C=O) groups is 2. The lowest BCUT2D eigenvalue weighted by molar-refractivity contribution is -0.132. The highest BCUT2D eigenvalue weighted by Gasteiger charge is 2.46. The van der Waals surface area contributed by atoms with Gasteiger partial charge in [-0.1, -0.05) is 42.5 Å². The van der Waals surface area contributed by atoms with Gasteiger partial charge >= 0.3 is 0 Å². The second-order valence-electron chi connectivity index (χ2n) is 9.44. The summed E-state index contributed by atoms with van der Waals surface area (Å²) in [6.45, 7) is 6.02. The monoisotopic (exact) mass is 466 g/mol. The van der Waals surface area contributed by atoms with Gasteiger partial charge in [-0.05, 0) is 80.1 Å². The van der Waals surface area contributed by atoms with E-state index in [1.54, 1.807) is 6.07 Å². The van der Waals surface area contributed by atoms with Crippen LogP contribution in [0.1, 0.15) is 47.6 Å². The van der Waals surface area contributed by atoms with Crippen LogP contribution in [-0.2, 0) is 9.59 Å². The molecule has 3 aromatic carbocycles. The van der Waals surface area contributed by atoms with E-state index in [1.165, 1.54) is 24.2 Å². The smallest absolute Gasteiger partial charge is 0.300 e. The van der Waals surface area contributed by atoms with Crippen LogP contribution in [0.25, 0.3) is 5.76 Å². The van der Waals surface area contributed by atoms with Gasteiger partial charge in [0, 0.05) is 30.0 Å². The highest BCUT2D eigenvalue weighted by Crippen LogP contribution is 2.42. The Balaban J connectivity index is 1.60. The SMILES string of the molecule is Cc1ccc(/C(O)=C2/C(=O)C(=O)N(c3ccc(N4CCCCC4)cc3)C2c2ccccc2)cc1C. The maximum absolute atomic E-state index is 13.4. The predicted octanol–water partition coefficient (Wildman–Crippen LogP) is 5.92. The number of Topliss-reactive ketones (excluding diaryl/α,β-unsaturated/α-hetero) is 1. The highest BCUT2D eigenvalue weighted by molar-refractivity contribution is 6.51. The molecule has 1 N–H and O–H groups in total. The standard InChI is InChI=1S/C30H30N2O3/c1-20-11-12-23(19-21(20)2)28(33)26-27(22-9-5-3-6-10-22)32(30(35)29(26)34)25-15-13-24(14-16-25)31-17-7-4-8-18-31/h3,5-6,9-16,19,27,33H,4,7-8,17-18H2,1-2H3/b28-26-. The molecular weight excluding hydrogens is 436 g/mol. The topological polar surface area (TPSA) is 60.9 Å². The van der Waals surface area contributed by atoms with Crippen LogP contribution in [0.4, 0.5) is 11.4 Å². The van der Waals surface area contributed by atoms with Gasteiger partial charge in [0.25, 0.3) is 11.7 Å². The molecule has 2 aliphatic rings. The Morgan fingerprint density at radius 2 is 1.46 bits per heavy atom. The first-order chi connectivity index (χ1) is 17.0. The first-order valence-electron chi connectivity index (χ1n) is 12.2. The van der Waals surface area contributed by atoms with E-state index in [0.29, 0.717) is 11.3 Å². The first-order valence-corrected chi connectivity index (χ1v) is 12.2. The third-order valence-electron chi connectivity index (χ3n) is 7.19. The molecule has 2 heterocycles. The fourth-order valence-corrected chi connectivity index (χ4v) is 5.07. The molecular formula is C30H30N2O3. The summed E-state index contributed by atoms with van der Waals surface area (Å²) < 4.78 is 0. The fourth-order valence-electron chi connectivity index (χ4n) is 5.07. The normalized spacial score (nSPS) is 19.9. The van der Waals surface area contributed by atoms with Gasteiger partial charge in [0.05, 0.1) is 11.6 Å². The molecule has 5 heteroatoms. The molecule has 0 aliphatic carbocycles. The van der Waals surface area contributed by atoms with Crippen LogP contribution in [0.15, 0.2) is 78.4 Å². The molecule has 1 amide bonds. The average molecular weight is 467 g/mol. The molecule has 35 heavy (non-hydrogen) atoms. The molecule has 0 aromatic heterocycles. The van der Waals surface area contributed by atoms with Crippen molar-refractivity contribution in [1.82, 2.24) is 0 Å². The molecule has 0 saturated carbocycles. The molecule has 2 saturated heterocycles. The number of aliphatic hydroxyl groups excluding tert-OH is 1. The number of ketones is 1. The molecule has 1 atom stereocenters. The number of piperidine rings is 1. The minimum Gasteiger partial charge on any atom is -0.507 e. The molecule has 3 aromatic rings. The lowest BCUT2D eigenvalue weighted by Gasteiger charge is -2.30. The Morgan fingerprint density at radius 3 is 2.11 bits per heavy atom. The van der Waals surface area contributed by atoms with E-state index in [2.05, 4.69) is 4.90 Å². The van der Waals surface area contributed by atoms with E-state index in [0.717, 1.165) is 35.5 Å². The van der Waals surface area contributed by atoms with E-state index >= 15 is 0 Å². The summed E-state index contributed by atoms with van der Waals surface area (Å²) >= 11 is 0. The van der Waals surface area contributed by atoms with Crippen molar-refractivity contribution >= 4 is 28.8 Å². The summed E-state index contributed by atoms with van der Waals surface area (Å²) in [5.41, 5.74) is 5.29. The Hall–Kier alpha value is -3.86. The number of hydrogen-bond donors (Lipinski definition) is 1. The van der Waals surface area contributed by atoms with Gasteiger partial charge in [-0.25, -0.2) is 0 Å². The minimum absolute atomic E-state index is 0.115. The van der Waals surface area contributed by atoms with Gasteiger partial charge in [-0.3, -0.25) is 14.5 Å². The van der Waals surface area contributed by atoms with Crippen molar-refractivity contribution in [1.29, 1.82) is 0 Å². The van der Waals surface area contributed by atoms with Gasteiger partial charge in [-0.15, -0.1) is 0 Å². The van der Waals surface area contributed by atoms with Gasteiger partial charge in [-0.2, -0.15) is 0 Å². The molecule has 0 bridgehead atoms. The Labute approximate surface area is 206 Å². The molecule has 5 nitrogen and oxygen atoms in total. The number of anilines is 2. The van der Waals surface area contributed by atoms with E-state index < -0.39 is 17.7 Å². The summed E-state index contributed by atoms with van der Waals surface area (Å²) in [7, 11) is 0. The Morgan fingerprint density at radius 1 is 0.800 bits per heavy atom. The van der Waals surface area contributed by atoms with E-state index in [1.807, 2.05) is 80.6 Å². The van der Waals surface area contributed by atoms with Crippen molar-refractivity contribution in [3.63, 3.8) is 0 Å².